The standard InChI is InChI=1S/C12H16ClF2NO2S/c1-2-9(7-8-13)16-10-5-3-4-6-11(10)19(17,18)12(14)15/h3-6,9,12,16H,2,7-8H2,1H3. The summed E-state index contributed by atoms with van der Waals surface area (Å²) in [4.78, 5) is -0.377. The van der Waals surface area contributed by atoms with E-state index in [1.807, 2.05) is 6.92 Å². The summed E-state index contributed by atoms with van der Waals surface area (Å²) in [5, 5.41) is 2.96. The van der Waals surface area contributed by atoms with Gasteiger partial charge in [-0.25, -0.2) is 8.42 Å². The first kappa shape index (κ1) is 16.2. The second-order valence-corrected chi connectivity index (χ2v) is 6.29. The van der Waals surface area contributed by atoms with Gasteiger partial charge in [-0.15, -0.1) is 11.6 Å². The molecule has 0 spiro atoms. The first-order chi connectivity index (χ1) is 8.93. The second-order valence-electron chi connectivity index (χ2n) is 4.03. The second kappa shape index (κ2) is 7.05. The largest absolute Gasteiger partial charge is 0.381 e. The van der Waals surface area contributed by atoms with Gasteiger partial charge in [0.15, 0.2) is 0 Å². The number of nitrogens with one attached hydrogen (secondary N) is 1. The van der Waals surface area contributed by atoms with E-state index in [1.54, 1.807) is 6.07 Å². The minimum absolute atomic E-state index is 0.0495. The molecule has 0 aliphatic carbocycles. The third-order valence-electron chi connectivity index (χ3n) is 2.74. The van der Waals surface area contributed by atoms with E-state index in [-0.39, 0.29) is 16.6 Å². The van der Waals surface area contributed by atoms with Crippen molar-refractivity contribution in [3.63, 3.8) is 0 Å². The SMILES string of the molecule is CCC(CCCl)Nc1ccccc1S(=O)(=O)C(F)F. The molecule has 1 aromatic rings. The smallest absolute Gasteiger partial charge is 0.341 e. The first-order valence-corrected chi connectivity index (χ1v) is 7.95. The highest BCUT2D eigenvalue weighted by Gasteiger charge is 2.29. The fourth-order valence-corrected chi connectivity index (χ4v) is 2.82. The zero-order valence-corrected chi connectivity index (χ0v) is 12.0. The number of rotatable bonds is 7. The maximum atomic E-state index is 12.6. The average molecular weight is 312 g/mol. The van der Waals surface area contributed by atoms with Crippen LogP contribution < -0.4 is 5.32 Å². The number of halogens is 3. The van der Waals surface area contributed by atoms with Gasteiger partial charge in [0.2, 0.25) is 9.84 Å². The number of hydrogen-bond acceptors (Lipinski definition) is 3. The van der Waals surface area contributed by atoms with Gasteiger partial charge in [0.1, 0.15) is 0 Å². The minimum Gasteiger partial charge on any atom is -0.381 e. The lowest BCUT2D eigenvalue weighted by Crippen LogP contribution is -2.21. The maximum Gasteiger partial charge on any atom is 0.341 e. The lowest BCUT2D eigenvalue weighted by atomic mass is 10.1. The molecule has 0 amide bonds. The molecule has 0 heterocycles. The number of alkyl halides is 3. The van der Waals surface area contributed by atoms with Crippen molar-refractivity contribution in [3.05, 3.63) is 24.3 Å². The van der Waals surface area contributed by atoms with Crippen LogP contribution in [0.1, 0.15) is 19.8 Å². The van der Waals surface area contributed by atoms with Crippen molar-refractivity contribution in [1.82, 2.24) is 0 Å². The Labute approximate surface area is 116 Å². The Morgan fingerprint density at radius 2 is 1.95 bits per heavy atom. The van der Waals surface area contributed by atoms with Gasteiger partial charge in [0.25, 0.3) is 0 Å². The van der Waals surface area contributed by atoms with Crippen LogP contribution >= 0.6 is 11.6 Å². The summed E-state index contributed by atoms with van der Waals surface area (Å²) in [5.41, 5.74) is 0.194. The van der Waals surface area contributed by atoms with E-state index in [9.17, 15) is 17.2 Å². The molecule has 1 aromatic carbocycles. The van der Waals surface area contributed by atoms with Gasteiger partial charge >= 0.3 is 5.76 Å². The highest BCUT2D eigenvalue weighted by atomic mass is 35.5. The van der Waals surface area contributed by atoms with Gasteiger partial charge in [0.05, 0.1) is 10.6 Å². The van der Waals surface area contributed by atoms with E-state index < -0.39 is 15.6 Å². The quantitative estimate of drug-likeness (QED) is 0.784. The Hall–Kier alpha value is -0.880. The summed E-state index contributed by atoms with van der Waals surface area (Å²) in [6.07, 6.45) is 1.34. The van der Waals surface area contributed by atoms with Gasteiger partial charge < -0.3 is 5.32 Å². The van der Waals surface area contributed by atoms with Crippen molar-refractivity contribution >= 4 is 27.1 Å². The molecule has 0 aliphatic heterocycles. The first-order valence-electron chi connectivity index (χ1n) is 5.87. The third kappa shape index (κ3) is 4.04. The molecule has 0 saturated heterocycles. The Balaban J connectivity index is 3.09. The topological polar surface area (TPSA) is 46.2 Å². The van der Waals surface area contributed by atoms with E-state index in [1.165, 1.54) is 18.2 Å². The van der Waals surface area contributed by atoms with Crippen molar-refractivity contribution in [1.29, 1.82) is 0 Å². The van der Waals surface area contributed by atoms with E-state index in [4.69, 9.17) is 11.6 Å². The van der Waals surface area contributed by atoms with Gasteiger partial charge in [-0.2, -0.15) is 8.78 Å². The zero-order valence-electron chi connectivity index (χ0n) is 10.4. The lowest BCUT2D eigenvalue weighted by molar-refractivity contribution is 0.235. The summed E-state index contributed by atoms with van der Waals surface area (Å²) in [7, 11) is -4.61. The number of sulfone groups is 1. The van der Waals surface area contributed by atoms with Crippen LogP contribution in [-0.2, 0) is 9.84 Å². The lowest BCUT2D eigenvalue weighted by Gasteiger charge is -2.19. The molecule has 1 atom stereocenters. The van der Waals surface area contributed by atoms with Gasteiger partial charge in [-0.1, -0.05) is 19.1 Å². The normalized spacial score (nSPS) is 13.5. The zero-order chi connectivity index (χ0) is 14.5. The minimum atomic E-state index is -4.61. The van der Waals surface area contributed by atoms with Crippen molar-refractivity contribution < 1.29 is 17.2 Å². The molecule has 7 heteroatoms. The Kier molecular flexibility index (Phi) is 6.00. The van der Waals surface area contributed by atoms with Crippen LogP contribution in [0, 0.1) is 0 Å². The van der Waals surface area contributed by atoms with E-state index in [0.717, 1.165) is 6.42 Å². The predicted octanol–water partition coefficient (Wildman–Crippen LogP) is 3.50. The summed E-state index contributed by atoms with van der Waals surface area (Å²) in [5.74, 6) is -3.02. The van der Waals surface area contributed by atoms with Crippen molar-refractivity contribution in [2.45, 2.75) is 36.5 Å². The van der Waals surface area contributed by atoms with Crippen molar-refractivity contribution in [2.75, 3.05) is 11.2 Å². The molecule has 3 nitrogen and oxygen atoms in total. The Bertz CT molecular complexity index is 508. The number of anilines is 1. The number of benzene rings is 1. The molecule has 0 bridgehead atoms. The molecule has 108 valence electrons. The van der Waals surface area contributed by atoms with Crippen LogP contribution in [0.3, 0.4) is 0 Å². The maximum absolute atomic E-state index is 12.6. The molecule has 1 rings (SSSR count). The molecule has 19 heavy (non-hydrogen) atoms. The molecular formula is C12H16ClF2NO2S. The summed E-state index contributed by atoms with van der Waals surface area (Å²) in [6.45, 7) is 1.91. The van der Waals surface area contributed by atoms with Crippen LogP contribution in [0.5, 0.6) is 0 Å². The fourth-order valence-electron chi connectivity index (χ4n) is 1.66. The number of hydrogen-bond donors (Lipinski definition) is 1. The molecular weight excluding hydrogens is 296 g/mol. The molecule has 0 radical (unpaired) electrons. The summed E-state index contributed by atoms with van der Waals surface area (Å²) in [6, 6.07) is 5.62. The Morgan fingerprint density at radius 1 is 1.32 bits per heavy atom. The highest BCUT2D eigenvalue weighted by molar-refractivity contribution is 7.91. The van der Waals surface area contributed by atoms with E-state index >= 15 is 0 Å². The highest BCUT2D eigenvalue weighted by Crippen LogP contribution is 2.27. The summed E-state index contributed by atoms with van der Waals surface area (Å²) < 4.78 is 48.3. The summed E-state index contributed by atoms with van der Waals surface area (Å²) >= 11 is 5.64. The molecule has 0 aliphatic rings. The van der Waals surface area contributed by atoms with Gasteiger partial charge in [-0.3, -0.25) is 0 Å². The van der Waals surface area contributed by atoms with Gasteiger partial charge in [-0.05, 0) is 25.0 Å². The fraction of sp³-hybridized carbons (Fsp3) is 0.500. The van der Waals surface area contributed by atoms with Crippen LogP contribution in [0.2, 0.25) is 0 Å². The van der Waals surface area contributed by atoms with Gasteiger partial charge in [0, 0.05) is 11.9 Å². The van der Waals surface area contributed by atoms with E-state index in [0.29, 0.717) is 12.3 Å². The molecule has 1 N–H and O–H groups in total. The molecule has 1 unspecified atom stereocenters. The predicted molar refractivity (Wildman–Crippen MR) is 72.7 cm³/mol. The Morgan fingerprint density at radius 3 is 2.47 bits per heavy atom. The average Bonchev–Trinajstić information content (AvgIpc) is 2.38. The van der Waals surface area contributed by atoms with Crippen LogP contribution in [0.25, 0.3) is 0 Å². The van der Waals surface area contributed by atoms with Crippen molar-refractivity contribution in [3.8, 4) is 0 Å². The molecule has 0 saturated carbocycles. The van der Waals surface area contributed by atoms with Crippen LogP contribution in [0.15, 0.2) is 29.2 Å². The number of para-hydroxylation sites is 1. The van der Waals surface area contributed by atoms with Crippen molar-refractivity contribution in [2.24, 2.45) is 0 Å². The monoisotopic (exact) mass is 311 g/mol. The van der Waals surface area contributed by atoms with Crippen LogP contribution in [-0.4, -0.2) is 26.1 Å². The molecule has 0 fully saturated rings. The van der Waals surface area contributed by atoms with Crippen LogP contribution in [0.4, 0.5) is 14.5 Å². The molecule has 0 aromatic heterocycles. The van der Waals surface area contributed by atoms with E-state index in [2.05, 4.69) is 5.32 Å². The third-order valence-corrected chi connectivity index (χ3v) is 4.39.